The molecule has 2 N–H and O–H groups in total. The summed E-state index contributed by atoms with van der Waals surface area (Å²) in [5, 5.41) is 7.22. The fourth-order valence-corrected chi connectivity index (χ4v) is 1.80. The number of hydrogen-bond donors (Lipinski definition) is 2. The van der Waals surface area contributed by atoms with Gasteiger partial charge in [0.1, 0.15) is 4.53 Å². The van der Waals surface area contributed by atoms with E-state index in [9.17, 15) is 9.59 Å². The monoisotopic (exact) mass is 226 g/mol. The van der Waals surface area contributed by atoms with E-state index in [2.05, 4.69) is 9.72 Å². The number of rotatable bonds is 2. The van der Waals surface area contributed by atoms with E-state index in [1.54, 1.807) is 6.92 Å². The highest BCUT2D eigenvalue weighted by molar-refractivity contribution is 7.07. The molecule has 0 amide bonds. The van der Waals surface area contributed by atoms with Crippen LogP contribution in [0, 0.1) is 5.41 Å². The average Bonchev–Trinajstić information content (AvgIpc) is 2.45. The Morgan fingerprint density at radius 2 is 2.20 bits per heavy atom. The Hall–Kier alpha value is -1.69. The van der Waals surface area contributed by atoms with Gasteiger partial charge in [0.2, 0.25) is 0 Å². The third-order valence-corrected chi connectivity index (χ3v) is 2.44. The first-order valence-electron chi connectivity index (χ1n) is 4.08. The van der Waals surface area contributed by atoms with Gasteiger partial charge in [-0.05, 0) is 13.0 Å². The lowest BCUT2D eigenvalue weighted by molar-refractivity contribution is -0.133. The first-order valence-corrected chi connectivity index (χ1v) is 4.90. The number of thiazole rings is 1. The van der Waals surface area contributed by atoms with Crippen LogP contribution in [0.1, 0.15) is 6.92 Å². The Balaban J connectivity index is 3.30. The second-order valence-electron chi connectivity index (χ2n) is 2.78. The maximum absolute atomic E-state index is 11.3. The molecule has 15 heavy (non-hydrogen) atoms. The van der Waals surface area contributed by atoms with Gasteiger partial charge in [-0.15, -0.1) is 11.3 Å². The van der Waals surface area contributed by atoms with Gasteiger partial charge < -0.3 is 15.1 Å². The molecule has 0 aliphatic rings. The first-order chi connectivity index (χ1) is 7.02. The van der Waals surface area contributed by atoms with E-state index < -0.39 is 5.97 Å². The van der Waals surface area contributed by atoms with E-state index in [-0.39, 0.29) is 10.1 Å². The summed E-state index contributed by atoms with van der Waals surface area (Å²) in [5.74, 6) is -0.569. The number of aromatic amines is 1. The topological polar surface area (TPSA) is 83.0 Å². The number of esters is 1. The molecule has 5 nitrogen and oxygen atoms in total. The van der Waals surface area contributed by atoms with Crippen LogP contribution >= 0.6 is 11.3 Å². The van der Waals surface area contributed by atoms with Crippen LogP contribution in [0.3, 0.4) is 0 Å². The summed E-state index contributed by atoms with van der Waals surface area (Å²) in [6.45, 7) is 1.60. The van der Waals surface area contributed by atoms with Gasteiger partial charge in [0, 0.05) is 11.8 Å². The van der Waals surface area contributed by atoms with Crippen LogP contribution < -0.4 is 14.8 Å². The van der Waals surface area contributed by atoms with Crippen molar-refractivity contribution < 1.29 is 9.53 Å². The fourth-order valence-electron chi connectivity index (χ4n) is 0.887. The molecule has 0 aliphatic carbocycles. The molecule has 1 aromatic heterocycles. The maximum atomic E-state index is 11.3. The van der Waals surface area contributed by atoms with E-state index in [1.165, 1.54) is 13.2 Å². The van der Waals surface area contributed by atoms with Crippen molar-refractivity contribution in [3.8, 4) is 0 Å². The molecule has 0 saturated heterocycles. The number of carbonyl (C=O) groups excluding carboxylic acids is 1. The number of H-pyrrole nitrogens is 1. The zero-order chi connectivity index (χ0) is 11.4. The summed E-state index contributed by atoms with van der Waals surface area (Å²) in [5.41, 5.74) is -0.0185. The number of carbonyl (C=O) groups is 1. The Labute approximate surface area is 89.2 Å². The van der Waals surface area contributed by atoms with E-state index in [0.717, 1.165) is 17.4 Å². The van der Waals surface area contributed by atoms with Crippen molar-refractivity contribution in [1.29, 1.82) is 5.41 Å². The molecule has 0 spiro atoms. The van der Waals surface area contributed by atoms with Crippen molar-refractivity contribution in [2.45, 2.75) is 6.92 Å². The highest BCUT2D eigenvalue weighted by atomic mass is 32.1. The number of methoxy groups -OCH3 is 1. The Bertz CT molecular complexity index is 553. The number of hydrogen-bond acceptors (Lipinski definition) is 5. The third kappa shape index (κ3) is 3.17. The maximum Gasteiger partial charge on any atom is 0.332 e. The van der Waals surface area contributed by atoms with Gasteiger partial charge in [-0.2, -0.15) is 0 Å². The van der Waals surface area contributed by atoms with E-state index >= 15 is 0 Å². The average molecular weight is 226 g/mol. The molecule has 1 rings (SSSR count). The van der Waals surface area contributed by atoms with Crippen molar-refractivity contribution in [2.75, 3.05) is 7.11 Å². The SMILES string of the molecule is COC(=O)C=c1sc(=CC(C)=N)[nH]c1=O. The third-order valence-electron chi connectivity index (χ3n) is 1.48. The minimum atomic E-state index is -0.569. The van der Waals surface area contributed by atoms with Crippen LogP contribution in [0.2, 0.25) is 0 Å². The van der Waals surface area contributed by atoms with Crippen LogP contribution in [-0.4, -0.2) is 23.8 Å². The predicted molar refractivity (Wildman–Crippen MR) is 58.5 cm³/mol. The predicted octanol–water partition coefficient (Wildman–Crippen LogP) is -0.790. The van der Waals surface area contributed by atoms with Gasteiger partial charge in [0.25, 0.3) is 5.56 Å². The molecule has 0 aliphatic heterocycles. The van der Waals surface area contributed by atoms with Crippen LogP contribution in [-0.2, 0) is 9.53 Å². The second kappa shape index (κ2) is 4.70. The summed E-state index contributed by atoms with van der Waals surface area (Å²) < 4.78 is 5.22. The van der Waals surface area contributed by atoms with Gasteiger partial charge in [0.05, 0.1) is 11.8 Å². The van der Waals surface area contributed by atoms with Crippen LogP contribution in [0.5, 0.6) is 0 Å². The van der Waals surface area contributed by atoms with Crippen LogP contribution in [0.15, 0.2) is 4.79 Å². The molecule has 0 radical (unpaired) electrons. The lowest BCUT2D eigenvalue weighted by Gasteiger charge is -1.85. The zero-order valence-corrected chi connectivity index (χ0v) is 9.10. The highest BCUT2D eigenvalue weighted by Crippen LogP contribution is 1.77. The molecule has 1 heterocycles. The standard InChI is InChI=1S/C9H10N2O3S/c1-5(10)3-7-11-9(13)6(15-7)4-8(12)14-2/h3-4,10H,1-2H3,(H,11,13). The lowest BCUT2D eigenvalue weighted by Crippen LogP contribution is -2.21. The molecule has 6 heteroatoms. The molecular weight excluding hydrogens is 216 g/mol. The van der Waals surface area contributed by atoms with E-state index in [0.29, 0.717) is 10.4 Å². The molecule has 80 valence electrons. The number of nitrogens with one attached hydrogen (secondary N) is 2. The Kier molecular flexibility index (Phi) is 3.56. The van der Waals surface area contributed by atoms with Gasteiger partial charge in [0.15, 0.2) is 0 Å². The van der Waals surface area contributed by atoms with Crippen molar-refractivity contribution in [3.63, 3.8) is 0 Å². The van der Waals surface area contributed by atoms with Gasteiger partial charge in [-0.25, -0.2) is 4.79 Å². The van der Waals surface area contributed by atoms with E-state index in [4.69, 9.17) is 5.41 Å². The van der Waals surface area contributed by atoms with Crippen molar-refractivity contribution in [3.05, 3.63) is 19.5 Å². The Morgan fingerprint density at radius 1 is 1.53 bits per heavy atom. The zero-order valence-electron chi connectivity index (χ0n) is 8.29. The Morgan fingerprint density at radius 3 is 2.73 bits per heavy atom. The smallest absolute Gasteiger partial charge is 0.332 e. The fraction of sp³-hybridized carbons (Fsp3) is 0.222. The number of aromatic nitrogens is 1. The van der Waals surface area contributed by atoms with Crippen LogP contribution in [0.4, 0.5) is 0 Å². The van der Waals surface area contributed by atoms with Gasteiger partial charge in [-0.1, -0.05) is 0 Å². The minimum Gasteiger partial charge on any atom is -0.466 e. The minimum absolute atomic E-state index is 0.273. The van der Waals surface area contributed by atoms with E-state index in [1.807, 2.05) is 0 Å². The molecule has 0 saturated carbocycles. The largest absolute Gasteiger partial charge is 0.466 e. The summed E-state index contributed by atoms with van der Waals surface area (Å²) in [6, 6.07) is 0. The second-order valence-corrected chi connectivity index (χ2v) is 3.86. The molecule has 0 atom stereocenters. The lowest BCUT2D eigenvalue weighted by atomic mass is 10.4. The molecule has 0 bridgehead atoms. The quantitative estimate of drug-likeness (QED) is 0.512. The van der Waals surface area contributed by atoms with Gasteiger partial charge >= 0.3 is 5.97 Å². The first kappa shape index (κ1) is 11.4. The summed E-state index contributed by atoms with van der Waals surface area (Å²) in [4.78, 5) is 24.7. The molecule has 0 aromatic carbocycles. The molecule has 0 unspecified atom stereocenters. The van der Waals surface area contributed by atoms with Crippen molar-refractivity contribution in [2.24, 2.45) is 0 Å². The summed E-state index contributed by atoms with van der Waals surface area (Å²) >= 11 is 1.11. The van der Waals surface area contributed by atoms with Crippen molar-refractivity contribution in [1.82, 2.24) is 4.98 Å². The van der Waals surface area contributed by atoms with Crippen LogP contribution in [0.25, 0.3) is 12.2 Å². The molecule has 0 fully saturated rings. The summed E-state index contributed by atoms with van der Waals surface area (Å²) in [6.07, 6.45) is 2.64. The number of ether oxygens (including phenoxy) is 1. The molecule has 1 aromatic rings. The summed E-state index contributed by atoms with van der Waals surface area (Å²) in [7, 11) is 1.25. The molecular formula is C9H10N2O3S. The van der Waals surface area contributed by atoms with Gasteiger partial charge in [-0.3, -0.25) is 4.79 Å². The van der Waals surface area contributed by atoms with Crippen molar-refractivity contribution >= 4 is 35.2 Å². The highest BCUT2D eigenvalue weighted by Gasteiger charge is 1.98. The normalized spacial score (nSPS) is 12.9.